The standard InChI is InChI=1S/C22H26N4O4/c1-14-12-18(15-6-8-23-9-7-15)30-21(28)19(14)20(27)24-16-4-3-5-17(13-16)26-11-10-25(2)22(26)29/h3-5,12-13,15,23H,6-11H2,1-2H3,(H,24,27). The Morgan fingerprint density at radius 3 is 2.60 bits per heavy atom. The summed E-state index contributed by atoms with van der Waals surface area (Å²) >= 11 is 0. The number of aryl methyl sites for hydroxylation is 1. The average molecular weight is 410 g/mol. The minimum absolute atomic E-state index is 0.00932. The normalized spacial score (nSPS) is 17.5. The third kappa shape index (κ3) is 3.95. The molecule has 2 aromatic rings. The van der Waals surface area contributed by atoms with Crippen molar-refractivity contribution in [3.8, 4) is 0 Å². The van der Waals surface area contributed by atoms with E-state index >= 15 is 0 Å². The van der Waals surface area contributed by atoms with Crippen molar-refractivity contribution in [3.05, 3.63) is 57.6 Å². The van der Waals surface area contributed by atoms with Crippen molar-refractivity contribution in [1.82, 2.24) is 10.2 Å². The smallest absolute Gasteiger partial charge is 0.349 e. The van der Waals surface area contributed by atoms with E-state index in [2.05, 4.69) is 10.6 Å². The van der Waals surface area contributed by atoms with Crippen molar-refractivity contribution < 1.29 is 14.0 Å². The van der Waals surface area contributed by atoms with E-state index in [-0.39, 0.29) is 17.5 Å². The van der Waals surface area contributed by atoms with Gasteiger partial charge >= 0.3 is 11.7 Å². The average Bonchev–Trinajstić information content (AvgIpc) is 3.07. The van der Waals surface area contributed by atoms with Crippen LogP contribution in [0.15, 0.2) is 39.5 Å². The molecule has 2 aliphatic heterocycles. The number of nitrogens with zero attached hydrogens (tertiary/aromatic N) is 2. The molecule has 30 heavy (non-hydrogen) atoms. The Kier molecular flexibility index (Phi) is 5.59. The second kappa shape index (κ2) is 8.31. The van der Waals surface area contributed by atoms with E-state index in [4.69, 9.17) is 4.42 Å². The Hall–Kier alpha value is -3.13. The lowest BCUT2D eigenvalue weighted by atomic mass is 9.94. The van der Waals surface area contributed by atoms with Gasteiger partial charge in [-0.25, -0.2) is 9.59 Å². The highest BCUT2D eigenvalue weighted by molar-refractivity contribution is 6.05. The number of urea groups is 1. The lowest BCUT2D eigenvalue weighted by Crippen LogP contribution is -2.29. The molecule has 4 rings (SSSR count). The zero-order chi connectivity index (χ0) is 21.3. The van der Waals surface area contributed by atoms with Crippen LogP contribution < -0.4 is 21.2 Å². The van der Waals surface area contributed by atoms with Crippen molar-refractivity contribution in [2.45, 2.75) is 25.7 Å². The number of benzene rings is 1. The number of rotatable bonds is 4. The number of piperidine rings is 1. The van der Waals surface area contributed by atoms with Crippen molar-refractivity contribution in [2.24, 2.45) is 0 Å². The molecule has 1 aromatic carbocycles. The highest BCUT2D eigenvalue weighted by Gasteiger charge is 2.27. The van der Waals surface area contributed by atoms with E-state index in [1.54, 1.807) is 48.0 Å². The van der Waals surface area contributed by atoms with Crippen LogP contribution in [0.4, 0.5) is 16.2 Å². The van der Waals surface area contributed by atoms with Gasteiger partial charge in [-0.3, -0.25) is 9.69 Å². The van der Waals surface area contributed by atoms with Crippen LogP contribution >= 0.6 is 0 Å². The van der Waals surface area contributed by atoms with Gasteiger partial charge in [0.15, 0.2) is 0 Å². The minimum atomic E-state index is -0.617. The molecule has 8 nitrogen and oxygen atoms in total. The highest BCUT2D eigenvalue weighted by Crippen LogP contribution is 2.26. The molecule has 158 valence electrons. The summed E-state index contributed by atoms with van der Waals surface area (Å²) in [6, 6.07) is 8.78. The summed E-state index contributed by atoms with van der Waals surface area (Å²) in [5.41, 5.74) is 1.21. The molecule has 0 spiro atoms. The Morgan fingerprint density at radius 1 is 1.17 bits per heavy atom. The Bertz CT molecular complexity index is 1030. The molecule has 0 radical (unpaired) electrons. The molecular formula is C22H26N4O4. The number of hydrogen-bond acceptors (Lipinski definition) is 5. The molecule has 3 heterocycles. The van der Waals surface area contributed by atoms with Crippen LogP contribution in [0, 0.1) is 6.92 Å². The van der Waals surface area contributed by atoms with E-state index in [0.717, 1.165) is 25.9 Å². The number of amides is 3. The van der Waals surface area contributed by atoms with Crippen LogP contribution in [0.25, 0.3) is 0 Å². The van der Waals surface area contributed by atoms with E-state index in [0.29, 0.717) is 35.8 Å². The first-order valence-corrected chi connectivity index (χ1v) is 10.2. The molecule has 0 unspecified atom stereocenters. The quantitative estimate of drug-likeness (QED) is 0.808. The maximum atomic E-state index is 12.8. The van der Waals surface area contributed by atoms with Gasteiger partial charge in [0.05, 0.1) is 0 Å². The molecule has 0 saturated carbocycles. The van der Waals surface area contributed by atoms with Gasteiger partial charge in [0, 0.05) is 37.4 Å². The Balaban J connectivity index is 1.53. The largest absolute Gasteiger partial charge is 0.427 e. The summed E-state index contributed by atoms with van der Waals surface area (Å²) in [6.07, 6.45) is 1.82. The maximum absolute atomic E-state index is 12.8. The van der Waals surface area contributed by atoms with Crippen molar-refractivity contribution in [3.63, 3.8) is 0 Å². The maximum Gasteiger partial charge on any atom is 0.349 e. The summed E-state index contributed by atoms with van der Waals surface area (Å²) in [5.74, 6) is 0.330. The molecule has 2 fully saturated rings. The first-order chi connectivity index (χ1) is 14.4. The van der Waals surface area contributed by atoms with Gasteiger partial charge in [0.2, 0.25) is 0 Å². The van der Waals surface area contributed by atoms with Crippen LogP contribution in [-0.2, 0) is 0 Å². The summed E-state index contributed by atoms with van der Waals surface area (Å²) in [5, 5.41) is 6.06. The summed E-state index contributed by atoms with van der Waals surface area (Å²) in [4.78, 5) is 40.9. The Labute approximate surface area is 174 Å². The molecule has 2 saturated heterocycles. The zero-order valence-corrected chi connectivity index (χ0v) is 17.2. The molecule has 1 aromatic heterocycles. The van der Waals surface area contributed by atoms with E-state index < -0.39 is 11.5 Å². The fourth-order valence-electron chi connectivity index (χ4n) is 4.05. The van der Waals surface area contributed by atoms with Crippen LogP contribution in [0.1, 0.15) is 40.4 Å². The van der Waals surface area contributed by atoms with Gasteiger partial charge in [-0.15, -0.1) is 0 Å². The first-order valence-electron chi connectivity index (χ1n) is 10.2. The van der Waals surface area contributed by atoms with E-state index in [1.807, 2.05) is 6.07 Å². The third-order valence-corrected chi connectivity index (χ3v) is 5.77. The lowest BCUT2D eigenvalue weighted by molar-refractivity contribution is 0.102. The molecular weight excluding hydrogens is 384 g/mol. The van der Waals surface area contributed by atoms with Gasteiger partial charge < -0.3 is 20.0 Å². The van der Waals surface area contributed by atoms with Crippen LogP contribution in [0.2, 0.25) is 0 Å². The molecule has 2 aliphatic rings. The van der Waals surface area contributed by atoms with Gasteiger partial charge in [0.25, 0.3) is 5.91 Å². The van der Waals surface area contributed by atoms with Gasteiger partial charge in [-0.2, -0.15) is 0 Å². The molecule has 0 bridgehead atoms. The highest BCUT2D eigenvalue weighted by atomic mass is 16.4. The first kappa shape index (κ1) is 20.2. The zero-order valence-electron chi connectivity index (χ0n) is 17.2. The van der Waals surface area contributed by atoms with Gasteiger partial charge in [-0.05, 0) is 62.7 Å². The number of anilines is 2. The molecule has 0 aliphatic carbocycles. The predicted octanol–water partition coefficient (Wildman–Crippen LogP) is 2.54. The predicted molar refractivity (Wildman–Crippen MR) is 114 cm³/mol. The fourth-order valence-corrected chi connectivity index (χ4v) is 4.05. The molecule has 2 N–H and O–H groups in total. The van der Waals surface area contributed by atoms with E-state index in [9.17, 15) is 14.4 Å². The van der Waals surface area contributed by atoms with E-state index in [1.165, 1.54) is 0 Å². The second-order valence-corrected chi connectivity index (χ2v) is 7.88. The lowest BCUT2D eigenvalue weighted by Gasteiger charge is -2.22. The van der Waals surface area contributed by atoms with Crippen molar-refractivity contribution in [1.29, 1.82) is 0 Å². The number of carbonyl (C=O) groups is 2. The topological polar surface area (TPSA) is 94.9 Å². The SMILES string of the molecule is Cc1cc(C2CCNCC2)oc(=O)c1C(=O)Nc1cccc(N2CCN(C)C2=O)c1. The van der Waals surface area contributed by atoms with Crippen molar-refractivity contribution in [2.75, 3.05) is 43.4 Å². The summed E-state index contributed by atoms with van der Waals surface area (Å²) in [6.45, 7) is 4.78. The monoisotopic (exact) mass is 410 g/mol. The number of carbonyl (C=O) groups excluding carboxylic acids is 2. The number of nitrogens with one attached hydrogen (secondary N) is 2. The number of likely N-dealkylation sites (N-methyl/N-ethyl adjacent to an activating group) is 1. The summed E-state index contributed by atoms with van der Waals surface area (Å²) < 4.78 is 5.52. The van der Waals surface area contributed by atoms with Gasteiger partial charge in [0.1, 0.15) is 11.3 Å². The molecule has 0 atom stereocenters. The Morgan fingerprint density at radius 2 is 1.93 bits per heavy atom. The van der Waals surface area contributed by atoms with Crippen molar-refractivity contribution >= 4 is 23.3 Å². The fraction of sp³-hybridized carbons (Fsp3) is 0.409. The third-order valence-electron chi connectivity index (χ3n) is 5.77. The summed E-state index contributed by atoms with van der Waals surface area (Å²) in [7, 11) is 1.75. The second-order valence-electron chi connectivity index (χ2n) is 7.88. The van der Waals surface area contributed by atoms with Crippen LogP contribution in [-0.4, -0.2) is 50.1 Å². The van der Waals surface area contributed by atoms with Crippen LogP contribution in [0.3, 0.4) is 0 Å². The minimum Gasteiger partial charge on any atom is -0.427 e. The molecule has 3 amide bonds. The number of hydrogen-bond donors (Lipinski definition) is 2. The van der Waals surface area contributed by atoms with Crippen LogP contribution in [0.5, 0.6) is 0 Å². The van der Waals surface area contributed by atoms with Gasteiger partial charge in [-0.1, -0.05) is 6.07 Å². The molecule has 8 heteroatoms.